The zero-order valence-corrected chi connectivity index (χ0v) is 11.1. The van der Waals surface area contributed by atoms with Crippen LogP contribution in [-0.4, -0.2) is 12.5 Å². The number of hydrogen-bond acceptors (Lipinski definition) is 1. The van der Waals surface area contributed by atoms with Crippen molar-refractivity contribution in [2.24, 2.45) is 5.92 Å². The Bertz CT molecular complexity index is 418. The molecule has 1 N–H and O–H groups in total. The highest BCUT2D eigenvalue weighted by Gasteiger charge is 2.17. The Morgan fingerprint density at radius 2 is 2.24 bits per heavy atom. The van der Waals surface area contributed by atoms with Gasteiger partial charge in [0.25, 0.3) is 5.91 Å². The van der Waals surface area contributed by atoms with E-state index in [1.807, 2.05) is 0 Å². The van der Waals surface area contributed by atoms with E-state index in [0.717, 1.165) is 12.3 Å². The second-order valence-corrected chi connectivity index (χ2v) is 5.38. The molecule has 1 aromatic carbocycles. The summed E-state index contributed by atoms with van der Waals surface area (Å²) in [5, 5.41) is 2.77. The molecule has 0 radical (unpaired) electrons. The van der Waals surface area contributed by atoms with Crippen LogP contribution in [0.2, 0.25) is 0 Å². The van der Waals surface area contributed by atoms with E-state index in [2.05, 4.69) is 21.2 Å². The molecule has 1 aliphatic carbocycles. The van der Waals surface area contributed by atoms with E-state index in [-0.39, 0.29) is 11.5 Å². The van der Waals surface area contributed by atoms with E-state index in [9.17, 15) is 9.18 Å². The van der Waals surface area contributed by atoms with Crippen LogP contribution in [0.25, 0.3) is 0 Å². The molecule has 2 nitrogen and oxygen atoms in total. The van der Waals surface area contributed by atoms with E-state index in [1.165, 1.54) is 31.4 Å². The van der Waals surface area contributed by atoms with Gasteiger partial charge in [0.15, 0.2) is 0 Å². The summed E-state index contributed by atoms with van der Waals surface area (Å²) in [6.45, 7) is 0.634. The van der Waals surface area contributed by atoms with Gasteiger partial charge >= 0.3 is 0 Å². The molecular weight excluding hydrogens is 285 g/mol. The van der Waals surface area contributed by atoms with Crippen molar-refractivity contribution in [1.29, 1.82) is 0 Å². The second-order valence-electron chi connectivity index (χ2n) is 4.47. The molecule has 17 heavy (non-hydrogen) atoms. The standard InChI is InChI=1S/C13H15BrFNO/c14-10-4-5-12(15)11(8-10)13(17)16-7-6-9-2-1-3-9/h4-5,8-9H,1-3,6-7H2,(H,16,17). The van der Waals surface area contributed by atoms with Crippen molar-refractivity contribution in [2.45, 2.75) is 25.7 Å². The molecule has 1 amide bonds. The van der Waals surface area contributed by atoms with Gasteiger partial charge in [-0.2, -0.15) is 0 Å². The van der Waals surface area contributed by atoms with Gasteiger partial charge in [-0.1, -0.05) is 35.2 Å². The van der Waals surface area contributed by atoms with Crippen LogP contribution < -0.4 is 5.32 Å². The first-order valence-electron chi connectivity index (χ1n) is 5.90. The van der Waals surface area contributed by atoms with Gasteiger partial charge in [0.1, 0.15) is 5.82 Å². The minimum Gasteiger partial charge on any atom is -0.352 e. The van der Waals surface area contributed by atoms with Gasteiger partial charge in [-0.3, -0.25) is 4.79 Å². The summed E-state index contributed by atoms with van der Waals surface area (Å²) >= 11 is 3.23. The van der Waals surface area contributed by atoms with Gasteiger partial charge in [-0.15, -0.1) is 0 Å². The van der Waals surface area contributed by atoms with Crippen molar-refractivity contribution in [3.8, 4) is 0 Å². The Morgan fingerprint density at radius 3 is 2.88 bits per heavy atom. The molecule has 0 saturated heterocycles. The van der Waals surface area contributed by atoms with Crippen molar-refractivity contribution in [3.05, 3.63) is 34.1 Å². The third kappa shape index (κ3) is 3.28. The highest BCUT2D eigenvalue weighted by atomic mass is 79.9. The molecule has 0 spiro atoms. The first-order chi connectivity index (χ1) is 8.16. The van der Waals surface area contributed by atoms with Gasteiger partial charge in [0.05, 0.1) is 5.56 Å². The second kappa shape index (κ2) is 5.63. The summed E-state index contributed by atoms with van der Waals surface area (Å²) in [4.78, 5) is 11.7. The van der Waals surface area contributed by atoms with Crippen LogP contribution in [0.15, 0.2) is 22.7 Å². The molecule has 0 atom stereocenters. The van der Waals surface area contributed by atoms with Gasteiger partial charge in [0.2, 0.25) is 0 Å². The monoisotopic (exact) mass is 299 g/mol. The average molecular weight is 300 g/mol. The van der Waals surface area contributed by atoms with Crippen LogP contribution in [-0.2, 0) is 0 Å². The number of rotatable bonds is 4. The maximum atomic E-state index is 13.4. The summed E-state index contributed by atoms with van der Waals surface area (Å²) in [5.41, 5.74) is 0.105. The van der Waals surface area contributed by atoms with Gasteiger partial charge in [-0.25, -0.2) is 4.39 Å². The smallest absolute Gasteiger partial charge is 0.254 e. The van der Waals surface area contributed by atoms with Gasteiger partial charge < -0.3 is 5.32 Å². The zero-order valence-electron chi connectivity index (χ0n) is 9.51. The summed E-state index contributed by atoms with van der Waals surface area (Å²) in [7, 11) is 0. The van der Waals surface area contributed by atoms with Gasteiger partial charge in [-0.05, 0) is 30.5 Å². The maximum absolute atomic E-state index is 13.4. The van der Waals surface area contributed by atoms with Crippen LogP contribution in [0.1, 0.15) is 36.0 Å². The summed E-state index contributed by atoms with van der Waals surface area (Å²) < 4.78 is 14.1. The summed E-state index contributed by atoms with van der Waals surface area (Å²) in [6.07, 6.45) is 4.84. The lowest BCUT2D eigenvalue weighted by molar-refractivity contribution is 0.0945. The minimum absolute atomic E-state index is 0.105. The van der Waals surface area contributed by atoms with Crippen LogP contribution in [0.5, 0.6) is 0 Å². The Morgan fingerprint density at radius 1 is 1.47 bits per heavy atom. The topological polar surface area (TPSA) is 29.1 Å². The summed E-state index contributed by atoms with van der Waals surface area (Å²) in [5.74, 6) is -0.0554. The number of hydrogen-bond donors (Lipinski definition) is 1. The third-order valence-corrected chi connectivity index (χ3v) is 3.73. The number of halogens is 2. The lowest BCUT2D eigenvalue weighted by Crippen LogP contribution is -2.28. The van der Waals surface area contributed by atoms with Crippen molar-refractivity contribution in [1.82, 2.24) is 5.32 Å². The molecule has 2 rings (SSSR count). The number of benzene rings is 1. The fourth-order valence-corrected chi connectivity index (χ4v) is 2.30. The zero-order chi connectivity index (χ0) is 12.3. The van der Waals surface area contributed by atoms with E-state index < -0.39 is 5.82 Å². The Labute approximate surface area is 109 Å². The Hall–Kier alpha value is -0.900. The molecule has 0 aliphatic heterocycles. The lowest BCUT2D eigenvalue weighted by Gasteiger charge is -2.25. The quantitative estimate of drug-likeness (QED) is 0.906. The van der Waals surface area contributed by atoms with Crippen LogP contribution in [0, 0.1) is 11.7 Å². The van der Waals surface area contributed by atoms with E-state index in [1.54, 1.807) is 6.07 Å². The molecule has 92 valence electrons. The largest absolute Gasteiger partial charge is 0.352 e. The Balaban J connectivity index is 1.87. The molecule has 1 saturated carbocycles. The summed E-state index contributed by atoms with van der Waals surface area (Å²) in [6, 6.07) is 4.39. The minimum atomic E-state index is -0.477. The van der Waals surface area contributed by atoms with Gasteiger partial charge in [0, 0.05) is 11.0 Å². The first-order valence-corrected chi connectivity index (χ1v) is 6.69. The molecule has 0 unspecified atom stereocenters. The fraction of sp³-hybridized carbons (Fsp3) is 0.462. The normalized spacial score (nSPS) is 15.4. The van der Waals surface area contributed by atoms with E-state index in [0.29, 0.717) is 11.0 Å². The maximum Gasteiger partial charge on any atom is 0.254 e. The third-order valence-electron chi connectivity index (χ3n) is 3.24. The number of carbonyl (C=O) groups excluding carboxylic acids is 1. The Kier molecular flexibility index (Phi) is 4.15. The molecule has 1 aromatic rings. The molecule has 0 heterocycles. The van der Waals surface area contributed by atoms with Crippen LogP contribution in [0.3, 0.4) is 0 Å². The van der Waals surface area contributed by atoms with Crippen molar-refractivity contribution in [3.63, 3.8) is 0 Å². The molecule has 0 bridgehead atoms. The highest BCUT2D eigenvalue weighted by molar-refractivity contribution is 9.10. The van der Waals surface area contributed by atoms with Crippen molar-refractivity contribution in [2.75, 3.05) is 6.54 Å². The fourth-order valence-electron chi connectivity index (χ4n) is 1.94. The molecule has 4 heteroatoms. The van der Waals surface area contributed by atoms with Crippen LogP contribution >= 0.6 is 15.9 Å². The molecule has 1 fully saturated rings. The predicted octanol–water partition coefficient (Wildman–Crippen LogP) is 3.51. The predicted molar refractivity (Wildman–Crippen MR) is 68.4 cm³/mol. The highest BCUT2D eigenvalue weighted by Crippen LogP contribution is 2.28. The number of amides is 1. The van der Waals surface area contributed by atoms with Crippen molar-refractivity contribution < 1.29 is 9.18 Å². The van der Waals surface area contributed by atoms with E-state index in [4.69, 9.17) is 0 Å². The van der Waals surface area contributed by atoms with E-state index >= 15 is 0 Å². The van der Waals surface area contributed by atoms with Crippen LogP contribution in [0.4, 0.5) is 4.39 Å². The SMILES string of the molecule is O=C(NCCC1CCC1)c1cc(Br)ccc1F. The lowest BCUT2D eigenvalue weighted by atomic mass is 9.83. The average Bonchev–Trinajstić information content (AvgIpc) is 2.25. The molecular formula is C13H15BrFNO. The number of nitrogens with one attached hydrogen (secondary N) is 1. The van der Waals surface area contributed by atoms with Crippen molar-refractivity contribution >= 4 is 21.8 Å². The number of carbonyl (C=O) groups is 1. The molecule has 1 aliphatic rings. The first kappa shape index (κ1) is 12.6. The molecule has 0 aromatic heterocycles.